The van der Waals surface area contributed by atoms with Crippen LogP contribution in [0.1, 0.15) is 5.69 Å². The van der Waals surface area contributed by atoms with Gasteiger partial charge >= 0.3 is 12.6 Å². The van der Waals surface area contributed by atoms with E-state index in [9.17, 15) is 8.78 Å². The van der Waals surface area contributed by atoms with Crippen LogP contribution < -0.4 is 14.8 Å². The molecule has 0 aliphatic carbocycles. The summed E-state index contributed by atoms with van der Waals surface area (Å²) in [6.45, 7) is -1.24. The fourth-order valence-corrected chi connectivity index (χ4v) is 1.85. The van der Waals surface area contributed by atoms with Crippen LogP contribution in [0, 0.1) is 12.5 Å². The van der Waals surface area contributed by atoms with Crippen LogP contribution in [0.2, 0.25) is 5.02 Å². The Morgan fingerprint density at radius 1 is 1.44 bits per heavy atom. The predicted octanol–water partition coefficient (Wildman–Crippen LogP) is 4.40. The zero-order valence-electron chi connectivity index (χ0n) is 13.0. The van der Waals surface area contributed by atoms with E-state index in [-0.39, 0.29) is 29.1 Å². The Balaban J connectivity index is 2.01. The first-order valence-corrected chi connectivity index (χ1v) is 7.35. The standard InChI is InChI=1S/C15H14ClF2N5O2/c1-9-4-5-20-15(22-9)24-8-11(23-19)7-21-10-2-3-12(16)13(6-10)25-14(17)18/h2-7,14,19,21H,8H2,1H3/b11-7-,23-19?. The van der Waals surface area contributed by atoms with E-state index in [2.05, 4.69) is 25.1 Å². The number of aryl methyl sites for hydroxylation is 1. The van der Waals surface area contributed by atoms with Crippen molar-refractivity contribution in [1.29, 1.82) is 5.53 Å². The topological polar surface area (TPSA) is 92.5 Å². The van der Waals surface area contributed by atoms with Gasteiger partial charge in [0.05, 0.1) is 5.02 Å². The summed E-state index contributed by atoms with van der Waals surface area (Å²) in [5.74, 6) is -0.163. The number of aromatic nitrogens is 2. The lowest BCUT2D eigenvalue weighted by Crippen LogP contribution is -2.05. The molecule has 7 nitrogen and oxygen atoms in total. The van der Waals surface area contributed by atoms with Gasteiger partial charge in [0.15, 0.2) is 0 Å². The quantitative estimate of drug-likeness (QED) is 0.672. The van der Waals surface area contributed by atoms with Crippen molar-refractivity contribution < 1.29 is 18.3 Å². The molecule has 2 aromatic rings. The van der Waals surface area contributed by atoms with Gasteiger partial charge in [0, 0.05) is 29.8 Å². The van der Waals surface area contributed by atoms with Crippen molar-refractivity contribution in [2.45, 2.75) is 13.5 Å². The van der Waals surface area contributed by atoms with Crippen molar-refractivity contribution >= 4 is 17.3 Å². The second-order valence-corrected chi connectivity index (χ2v) is 5.09. The number of rotatable bonds is 8. The van der Waals surface area contributed by atoms with Crippen molar-refractivity contribution in [2.75, 3.05) is 11.9 Å². The summed E-state index contributed by atoms with van der Waals surface area (Å²) in [7, 11) is 0. The maximum absolute atomic E-state index is 12.3. The molecule has 0 spiro atoms. The van der Waals surface area contributed by atoms with Crippen LogP contribution in [0.5, 0.6) is 11.8 Å². The van der Waals surface area contributed by atoms with Crippen LogP contribution in [0.25, 0.3) is 0 Å². The fourth-order valence-electron chi connectivity index (χ4n) is 1.69. The third-order valence-electron chi connectivity index (χ3n) is 2.82. The summed E-state index contributed by atoms with van der Waals surface area (Å²) in [5, 5.41) is 6.18. The molecule has 10 heteroatoms. The Hall–Kier alpha value is -2.81. The third kappa shape index (κ3) is 5.96. The molecule has 0 unspecified atom stereocenters. The molecule has 0 fully saturated rings. The fraction of sp³-hybridized carbons (Fsp3) is 0.200. The third-order valence-corrected chi connectivity index (χ3v) is 3.13. The van der Waals surface area contributed by atoms with Crippen LogP contribution in [-0.4, -0.2) is 23.2 Å². The lowest BCUT2D eigenvalue weighted by Gasteiger charge is -2.09. The maximum Gasteiger partial charge on any atom is 0.387 e. The Bertz CT molecular complexity index is 773. The van der Waals surface area contributed by atoms with Gasteiger partial charge in [0.25, 0.3) is 0 Å². The van der Waals surface area contributed by atoms with Gasteiger partial charge in [-0.2, -0.15) is 13.9 Å². The van der Waals surface area contributed by atoms with E-state index in [0.717, 1.165) is 5.69 Å². The molecule has 1 aromatic heterocycles. The summed E-state index contributed by atoms with van der Waals surface area (Å²) < 4.78 is 34.3. The molecule has 0 radical (unpaired) electrons. The number of hydrogen-bond donors (Lipinski definition) is 2. The number of nitrogens with zero attached hydrogens (tertiary/aromatic N) is 3. The number of alkyl halides is 2. The summed E-state index contributed by atoms with van der Waals surface area (Å²) in [6.07, 6.45) is 2.94. The molecule has 2 rings (SSSR count). The Labute approximate surface area is 147 Å². The first-order valence-electron chi connectivity index (χ1n) is 6.98. The molecule has 0 atom stereocenters. The lowest BCUT2D eigenvalue weighted by atomic mass is 10.3. The number of hydrogen-bond acceptors (Lipinski definition) is 7. The van der Waals surface area contributed by atoms with E-state index in [4.69, 9.17) is 21.9 Å². The van der Waals surface area contributed by atoms with E-state index < -0.39 is 6.61 Å². The smallest absolute Gasteiger partial charge is 0.387 e. The van der Waals surface area contributed by atoms with Gasteiger partial charge in [0.1, 0.15) is 18.1 Å². The normalized spacial score (nSPS) is 11.3. The first-order chi connectivity index (χ1) is 12.0. The molecular formula is C15H14ClF2N5O2. The highest BCUT2D eigenvalue weighted by Gasteiger charge is 2.09. The van der Waals surface area contributed by atoms with Gasteiger partial charge in [-0.1, -0.05) is 11.6 Å². The minimum atomic E-state index is -2.98. The molecule has 0 aliphatic rings. The average Bonchev–Trinajstić information content (AvgIpc) is 2.57. The van der Waals surface area contributed by atoms with Gasteiger partial charge in [-0.15, -0.1) is 0 Å². The van der Waals surface area contributed by atoms with Crippen LogP contribution in [0.4, 0.5) is 14.5 Å². The number of ether oxygens (including phenoxy) is 2. The number of nitrogens with one attached hydrogen (secondary N) is 2. The molecule has 1 heterocycles. The number of anilines is 1. The van der Waals surface area contributed by atoms with Crippen molar-refractivity contribution in [1.82, 2.24) is 9.97 Å². The van der Waals surface area contributed by atoms with Gasteiger partial charge in [-0.3, -0.25) is 0 Å². The molecule has 2 N–H and O–H groups in total. The van der Waals surface area contributed by atoms with Gasteiger partial charge in [-0.05, 0) is 25.1 Å². The van der Waals surface area contributed by atoms with E-state index in [1.807, 2.05) is 0 Å². The van der Waals surface area contributed by atoms with Crippen LogP contribution in [0.15, 0.2) is 47.5 Å². The van der Waals surface area contributed by atoms with E-state index >= 15 is 0 Å². The zero-order chi connectivity index (χ0) is 18.2. The van der Waals surface area contributed by atoms with Gasteiger partial charge in [0.2, 0.25) is 0 Å². The molecule has 0 saturated heterocycles. The highest BCUT2D eigenvalue weighted by atomic mass is 35.5. The van der Waals surface area contributed by atoms with Gasteiger partial charge < -0.3 is 14.8 Å². The van der Waals surface area contributed by atoms with Crippen LogP contribution >= 0.6 is 11.6 Å². The Kier molecular flexibility index (Phi) is 6.58. The Morgan fingerprint density at radius 2 is 2.24 bits per heavy atom. The lowest BCUT2D eigenvalue weighted by molar-refractivity contribution is -0.0497. The van der Waals surface area contributed by atoms with E-state index in [0.29, 0.717) is 5.69 Å². The monoisotopic (exact) mass is 369 g/mol. The van der Waals surface area contributed by atoms with Crippen molar-refractivity contribution in [3.8, 4) is 11.8 Å². The minimum Gasteiger partial charge on any atom is -0.457 e. The van der Waals surface area contributed by atoms with Crippen molar-refractivity contribution in [2.24, 2.45) is 5.11 Å². The SMILES string of the molecule is Cc1ccnc(OC/C(=C/Nc2ccc(Cl)c(OC(F)F)c2)N=N)n1. The molecule has 0 bridgehead atoms. The van der Waals surface area contributed by atoms with E-state index in [1.54, 1.807) is 25.3 Å². The number of benzene rings is 1. The molecule has 1 aromatic carbocycles. The largest absolute Gasteiger partial charge is 0.457 e. The predicted molar refractivity (Wildman–Crippen MR) is 87.2 cm³/mol. The zero-order valence-corrected chi connectivity index (χ0v) is 13.8. The first kappa shape index (κ1) is 18.5. The molecule has 132 valence electrons. The van der Waals surface area contributed by atoms with Crippen LogP contribution in [-0.2, 0) is 0 Å². The second-order valence-electron chi connectivity index (χ2n) is 4.68. The van der Waals surface area contributed by atoms with Crippen LogP contribution in [0.3, 0.4) is 0 Å². The molecular weight excluding hydrogens is 356 g/mol. The summed E-state index contributed by atoms with van der Waals surface area (Å²) >= 11 is 5.78. The average molecular weight is 370 g/mol. The van der Waals surface area contributed by atoms with Gasteiger partial charge in [-0.25, -0.2) is 15.5 Å². The summed E-state index contributed by atoms with van der Waals surface area (Å²) in [6, 6.07) is 6.15. The Morgan fingerprint density at radius 3 is 2.92 bits per heavy atom. The molecule has 0 saturated carbocycles. The summed E-state index contributed by atoms with van der Waals surface area (Å²) in [4.78, 5) is 7.99. The highest BCUT2D eigenvalue weighted by Crippen LogP contribution is 2.29. The summed E-state index contributed by atoms with van der Waals surface area (Å²) in [5.41, 5.74) is 8.55. The molecule has 0 aliphatic heterocycles. The molecule has 25 heavy (non-hydrogen) atoms. The van der Waals surface area contributed by atoms with Crippen molar-refractivity contribution in [3.05, 3.63) is 53.1 Å². The number of halogens is 3. The van der Waals surface area contributed by atoms with Crippen molar-refractivity contribution in [3.63, 3.8) is 0 Å². The van der Waals surface area contributed by atoms with E-state index in [1.165, 1.54) is 18.3 Å². The molecule has 0 amide bonds. The minimum absolute atomic E-state index is 0.0477. The highest BCUT2D eigenvalue weighted by molar-refractivity contribution is 6.32. The second kappa shape index (κ2) is 8.88. The maximum atomic E-state index is 12.3.